The third kappa shape index (κ3) is 6.01. The number of hydrogen-bond acceptors (Lipinski definition) is 10. The summed E-state index contributed by atoms with van der Waals surface area (Å²) in [6, 6.07) is 35.8. The van der Waals surface area contributed by atoms with Gasteiger partial charge in [0.25, 0.3) is 0 Å². The molecule has 0 fully saturated rings. The zero-order chi connectivity index (χ0) is 33.0. The van der Waals surface area contributed by atoms with Crippen molar-refractivity contribution in [1.29, 1.82) is 0 Å². The highest BCUT2D eigenvalue weighted by molar-refractivity contribution is 5.86. The average molecular weight is 639 g/mol. The van der Waals surface area contributed by atoms with E-state index >= 15 is 0 Å². The lowest BCUT2D eigenvalue weighted by Gasteiger charge is -2.12. The second-order valence-corrected chi connectivity index (χ2v) is 10.3. The molecule has 0 amide bonds. The predicted molar refractivity (Wildman–Crippen MR) is 176 cm³/mol. The molecule has 5 aromatic carbocycles. The molecule has 0 saturated carbocycles. The monoisotopic (exact) mass is 638 g/mol. The van der Waals surface area contributed by atoms with Crippen LogP contribution in [0.5, 0.6) is 23.0 Å². The highest BCUT2D eigenvalue weighted by atomic mass is 16.7. The molecule has 48 heavy (non-hydrogen) atoms. The molecule has 0 radical (unpaired) electrons. The van der Waals surface area contributed by atoms with E-state index < -0.39 is 23.2 Å². The lowest BCUT2D eigenvalue weighted by molar-refractivity contribution is 0.149. The molecule has 0 unspecified atom stereocenters. The fourth-order valence-corrected chi connectivity index (χ4v) is 4.97. The molecule has 0 spiro atoms. The quantitative estimate of drug-likeness (QED) is 0.129. The first kappa shape index (κ1) is 29.8. The van der Waals surface area contributed by atoms with Crippen molar-refractivity contribution in [1.82, 2.24) is 0 Å². The normalized spacial score (nSPS) is 10.8. The minimum Gasteiger partial charge on any atom is -0.452 e. The topological polar surface area (TPSA) is 131 Å². The molecule has 0 atom stereocenters. The maximum Gasteiger partial charge on any atom is 0.519 e. The molecule has 10 nitrogen and oxygen atoms in total. The zero-order valence-corrected chi connectivity index (χ0v) is 24.8. The van der Waals surface area contributed by atoms with Gasteiger partial charge >= 0.3 is 12.3 Å². The van der Waals surface area contributed by atoms with Gasteiger partial charge in [-0.05, 0) is 48.5 Å². The molecule has 0 saturated heterocycles. The first-order valence-corrected chi connectivity index (χ1v) is 14.6. The van der Waals surface area contributed by atoms with Crippen LogP contribution in [0, 0.1) is 0 Å². The minimum atomic E-state index is -1.14. The molecule has 2 aromatic heterocycles. The molecule has 7 aromatic rings. The molecule has 0 aliphatic rings. The van der Waals surface area contributed by atoms with Crippen LogP contribution in [0.2, 0.25) is 0 Å². The molecule has 0 aliphatic heterocycles. The number of ether oxygens (including phenoxy) is 4. The van der Waals surface area contributed by atoms with Gasteiger partial charge in [0.15, 0.2) is 11.5 Å². The van der Waals surface area contributed by atoms with Crippen LogP contribution in [0.25, 0.3) is 44.6 Å². The smallest absolute Gasteiger partial charge is 0.452 e. The molecule has 2 heterocycles. The number of benzene rings is 5. The Bertz CT molecular complexity index is 2240. The first-order valence-electron chi connectivity index (χ1n) is 14.6. The Morgan fingerprint density at radius 3 is 1.17 bits per heavy atom. The third-order valence-corrected chi connectivity index (χ3v) is 7.18. The van der Waals surface area contributed by atoms with Crippen molar-refractivity contribution in [3.05, 3.63) is 154 Å². The van der Waals surface area contributed by atoms with Crippen LogP contribution in [0.4, 0.5) is 9.59 Å². The van der Waals surface area contributed by atoms with E-state index in [0.29, 0.717) is 11.1 Å². The summed E-state index contributed by atoms with van der Waals surface area (Å²) in [5.41, 5.74) is 0.0385. The SMILES string of the molecule is O=C(Oc1ccccc1)Oc1c(-c2ccc(-c3oc4ccccc4c(=O)c3OC(=O)Oc3ccccc3)cc2)oc2ccccc2c1=O. The molecule has 7 rings (SSSR count). The molecule has 234 valence electrons. The number of hydrogen-bond donors (Lipinski definition) is 0. The molecule has 0 aliphatic carbocycles. The largest absolute Gasteiger partial charge is 0.519 e. The third-order valence-electron chi connectivity index (χ3n) is 7.18. The van der Waals surface area contributed by atoms with Crippen molar-refractivity contribution < 1.29 is 37.4 Å². The summed E-state index contributed by atoms with van der Waals surface area (Å²) in [6.45, 7) is 0. The Hall–Kier alpha value is -6.94. The predicted octanol–water partition coefficient (Wildman–Crippen LogP) is 8.39. The number of carbonyl (C=O) groups is 2. The Morgan fingerprint density at radius 2 is 0.771 bits per heavy atom. The molecule has 10 heteroatoms. The minimum absolute atomic E-state index is 0.0434. The summed E-state index contributed by atoms with van der Waals surface area (Å²) in [5.74, 6) is -0.405. The summed E-state index contributed by atoms with van der Waals surface area (Å²) in [7, 11) is 0. The number of rotatable bonds is 6. The highest BCUT2D eigenvalue weighted by Gasteiger charge is 2.24. The van der Waals surface area contributed by atoms with E-state index in [4.69, 9.17) is 27.8 Å². The number of fused-ring (bicyclic) bond motifs is 2. The molecular formula is C38H22O10. The zero-order valence-electron chi connectivity index (χ0n) is 24.8. The van der Waals surface area contributed by atoms with Crippen molar-refractivity contribution in [3.63, 3.8) is 0 Å². The van der Waals surface area contributed by atoms with Crippen molar-refractivity contribution in [3.8, 4) is 45.6 Å². The molecule has 0 bridgehead atoms. The number of para-hydroxylation sites is 4. The fourth-order valence-electron chi connectivity index (χ4n) is 4.97. The van der Waals surface area contributed by atoms with E-state index in [1.165, 1.54) is 0 Å². The second kappa shape index (κ2) is 12.8. The van der Waals surface area contributed by atoms with Crippen molar-refractivity contribution in [2.45, 2.75) is 0 Å². The lowest BCUT2D eigenvalue weighted by atomic mass is 10.0. The van der Waals surface area contributed by atoms with E-state index in [-0.39, 0.29) is 56.5 Å². The number of carbonyl (C=O) groups excluding carboxylic acids is 2. The lowest BCUT2D eigenvalue weighted by Crippen LogP contribution is -2.19. The van der Waals surface area contributed by atoms with Crippen molar-refractivity contribution in [2.24, 2.45) is 0 Å². The van der Waals surface area contributed by atoms with Gasteiger partial charge < -0.3 is 27.8 Å². The van der Waals surface area contributed by atoms with Crippen LogP contribution in [-0.4, -0.2) is 12.3 Å². The average Bonchev–Trinajstić information content (AvgIpc) is 3.11. The van der Waals surface area contributed by atoms with Gasteiger partial charge in [-0.25, -0.2) is 9.59 Å². The van der Waals surface area contributed by atoms with Gasteiger partial charge in [0, 0.05) is 11.1 Å². The summed E-state index contributed by atoms with van der Waals surface area (Å²) in [4.78, 5) is 52.6. The van der Waals surface area contributed by atoms with Crippen LogP contribution < -0.4 is 29.8 Å². The van der Waals surface area contributed by atoms with Gasteiger partial charge in [-0.2, -0.15) is 0 Å². The summed E-state index contributed by atoms with van der Waals surface area (Å²) in [5, 5.41) is 0.394. The van der Waals surface area contributed by atoms with E-state index in [2.05, 4.69) is 0 Å². The molecular weight excluding hydrogens is 616 g/mol. The molecule has 0 N–H and O–H groups in total. The van der Waals surface area contributed by atoms with Gasteiger partial charge in [0.05, 0.1) is 10.8 Å². The van der Waals surface area contributed by atoms with Crippen LogP contribution in [0.15, 0.2) is 152 Å². The summed E-state index contributed by atoms with van der Waals surface area (Å²) >= 11 is 0. The Kier molecular flexibility index (Phi) is 7.94. The van der Waals surface area contributed by atoms with Gasteiger partial charge in [-0.15, -0.1) is 0 Å². The van der Waals surface area contributed by atoms with Gasteiger partial charge in [0.2, 0.25) is 22.4 Å². The highest BCUT2D eigenvalue weighted by Crippen LogP contribution is 2.36. The second-order valence-electron chi connectivity index (χ2n) is 10.3. The standard InChI is InChI=1S/C38H22O10/c39-31-27-15-7-9-17-29(27)45-33(35(31)47-37(41)43-25-11-3-1-4-12-25)23-19-21-24(22-20-23)34-36(32(40)28-16-8-10-18-30(28)46-34)48-38(42)44-26-13-5-2-6-14-26/h1-22H. The summed E-state index contributed by atoms with van der Waals surface area (Å²) in [6.07, 6.45) is -2.27. The van der Waals surface area contributed by atoms with Crippen LogP contribution in [-0.2, 0) is 0 Å². The van der Waals surface area contributed by atoms with Crippen LogP contribution in [0.3, 0.4) is 0 Å². The van der Waals surface area contributed by atoms with E-state index in [1.807, 2.05) is 0 Å². The first-order chi connectivity index (χ1) is 23.4. The maximum absolute atomic E-state index is 13.5. The van der Waals surface area contributed by atoms with Gasteiger partial charge in [-0.1, -0.05) is 84.9 Å². The van der Waals surface area contributed by atoms with Crippen LogP contribution in [0.1, 0.15) is 0 Å². The van der Waals surface area contributed by atoms with Crippen molar-refractivity contribution in [2.75, 3.05) is 0 Å². The summed E-state index contributed by atoms with van der Waals surface area (Å²) < 4.78 is 33.5. The fraction of sp³-hybridized carbons (Fsp3) is 0. The Labute approximate surface area is 270 Å². The maximum atomic E-state index is 13.5. The van der Waals surface area contributed by atoms with E-state index in [9.17, 15) is 19.2 Å². The Balaban J connectivity index is 1.28. The van der Waals surface area contributed by atoms with Crippen LogP contribution >= 0.6 is 0 Å². The van der Waals surface area contributed by atoms with E-state index in [0.717, 1.165) is 0 Å². The van der Waals surface area contributed by atoms with Gasteiger partial charge in [0.1, 0.15) is 22.7 Å². The Morgan fingerprint density at radius 1 is 0.417 bits per heavy atom. The van der Waals surface area contributed by atoms with Gasteiger partial charge in [-0.3, -0.25) is 9.59 Å². The van der Waals surface area contributed by atoms with Crippen molar-refractivity contribution >= 4 is 34.2 Å². The van der Waals surface area contributed by atoms with E-state index in [1.54, 1.807) is 133 Å².